The van der Waals surface area contributed by atoms with Crippen LogP contribution in [0.3, 0.4) is 0 Å². The predicted molar refractivity (Wildman–Crippen MR) is 79.8 cm³/mol. The Labute approximate surface area is 115 Å². The Balaban J connectivity index is 2.38. The molecule has 98 valence electrons. The average Bonchev–Trinajstić information content (AvgIpc) is 2.40. The van der Waals surface area contributed by atoms with Crippen molar-refractivity contribution in [2.45, 2.75) is 26.5 Å². The van der Waals surface area contributed by atoms with Gasteiger partial charge in [-0.25, -0.2) is 0 Å². The molecule has 1 aromatic carbocycles. The van der Waals surface area contributed by atoms with Gasteiger partial charge in [0.15, 0.2) is 0 Å². The van der Waals surface area contributed by atoms with E-state index in [2.05, 4.69) is 37.8 Å². The zero-order valence-electron chi connectivity index (χ0n) is 11.6. The molecule has 0 aliphatic carbocycles. The lowest BCUT2D eigenvalue weighted by Gasteiger charge is -2.17. The van der Waals surface area contributed by atoms with E-state index in [0.29, 0.717) is 0 Å². The third-order valence-corrected chi connectivity index (χ3v) is 4.16. The first-order chi connectivity index (χ1) is 8.71. The van der Waals surface area contributed by atoms with E-state index in [-0.39, 0.29) is 0 Å². The second-order valence-corrected chi connectivity index (χ2v) is 5.44. The maximum atomic E-state index is 8.82. The molecule has 0 amide bonds. The maximum Gasteiger partial charge on any atom is 0.0991 e. The molecule has 3 heteroatoms. The molecule has 0 saturated carbocycles. The summed E-state index contributed by atoms with van der Waals surface area (Å²) in [7, 11) is 0. The molecule has 2 nitrogen and oxygen atoms in total. The summed E-state index contributed by atoms with van der Waals surface area (Å²) in [6, 6.07) is 8.14. The van der Waals surface area contributed by atoms with E-state index in [1.165, 1.54) is 16.9 Å². The summed E-state index contributed by atoms with van der Waals surface area (Å²) in [5.41, 5.74) is 3.33. The molecule has 0 saturated heterocycles. The van der Waals surface area contributed by atoms with Crippen LogP contribution in [-0.2, 0) is 5.75 Å². The molecule has 0 radical (unpaired) electrons. The number of thioether (sulfide) groups is 1. The Morgan fingerprint density at radius 2 is 2.00 bits per heavy atom. The van der Waals surface area contributed by atoms with Gasteiger partial charge in [-0.15, -0.1) is 0 Å². The highest BCUT2D eigenvalue weighted by Gasteiger charge is 2.02. The second-order valence-electron chi connectivity index (χ2n) is 4.33. The Bertz CT molecular complexity index is 405. The van der Waals surface area contributed by atoms with Crippen LogP contribution in [0.5, 0.6) is 0 Å². The van der Waals surface area contributed by atoms with Crippen LogP contribution >= 0.6 is 11.8 Å². The van der Waals surface area contributed by atoms with Crippen molar-refractivity contribution in [3.8, 4) is 6.07 Å². The highest BCUT2D eigenvalue weighted by Crippen LogP contribution is 2.17. The average molecular weight is 262 g/mol. The molecule has 1 rings (SSSR count). The molecule has 0 aromatic heterocycles. The Morgan fingerprint density at radius 1 is 1.28 bits per heavy atom. The molecule has 0 unspecified atom stereocenters. The highest BCUT2D eigenvalue weighted by molar-refractivity contribution is 7.98. The van der Waals surface area contributed by atoms with Crippen LogP contribution in [0.15, 0.2) is 18.2 Å². The number of nitrogens with zero attached hydrogens (tertiary/aromatic N) is 2. The summed E-state index contributed by atoms with van der Waals surface area (Å²) in [5.74, 6) is 2.21. The summed E-state index contributed by atoms with van der Waals surface area (Å²) in [6.45, 7) is 9.92. The van der Waals surface area contributed by atoms with E-state index in [1.807, 2.05) is 23.9 Å². The third kappa shape index (κ3) is 4.72. The fraction of sp³-hybridized carbons (Fsp3) is 0.533. The first-order valence-electron chi connectivity index (χ1n) is 6.51. The normalized spacial score (nSPS) is 10.6. The Morgan fingerprint density at radius 3 is 2.56 bits per heavy atom. The smallest absolute Gasteiger partial charge is 0.0991 e. The molecule has 0 fully saturated rings. The number of benzene rings is 1. The van der Waals surface area contributed by atoms with Crippen molar-refractivity contribution in [2.24, 2.45) is 0 Å². The van der Waals surface area contributed by atoms with Gasteiger partial charge in [-0.3, -0.25) is 0 Å². The summed E-state index contributed by atoms with van der Waals surface area (Å²) < 4.78 is 0. The molecule has 18 heavy (non-hydrogen) atoms. The zero-order valence-corrected chi connectivity index (χ0v) is 12.4. The van der Waals surface area contributed by atoms with Crippen LogP contribution in [0.2, 0.25) is 0 Å². The molecule has 0 atom stereocenters. The van der Waals surface area contributed by atoms with E-state index in [1.54, 1.807) is 0 Å². The number of rotatable bonds is 7. The SMILES string of the molecule is CCN(CC)CCSCc1ccc(C#N)cc1C. The fourth-order valence-corrected chi connectivity index (χ4v) is 2.92. The molecule has 0 heterocycles. The van der Waals surface area contributed by atoms with Crippen molar-refractivity contribution in [3.63, 3.8) is 0 Å². The first-order valence-corrected chi connectivity index (χ1v) is 7.66. The fourth-order valence-electron chi connectivity index (χ4n) is 1.84. The van der Waals surface area contributed by atoms with Crippen molar-refractivity contribution in [2.75, 3.05) is 25.4 Å². The topological polar surface area (TPSA) is 27.0 Å². The molecule has 0 aliphatic rings. The lowest BCUT2D eigenvalue weighted by atomic mass is 10.1. The maximum absolute atomic E-state index is 8.82. The number of hydrogen-bond acceptors (Lipinski definition) is 3. The van der Waals surface area contributed by atoms with Crippen LogP contribution in [0.1, 0.15) is 30.5 Å². The monoisotopic (exact) mass is 262 g/mol. The van der Waals surface area contributed by atoms with Crippen LogP contribution in [-0.4, -0.2) is 30.3 Å². The molecule has 1 aromatic rings. The van der Waals surface area contributed by atoms with Crippen molar-refractivity contribution in [3.05, 3.63) is 34.9 Å². The van der Waals surface area contributed by atoms with Gasteiger partial charge in [-0.2, -0.15) is 17.0 Å². The summed E-state index contributed by atoms with van der Waals surface area (Å²) in [5, 5.41) is 8.82. The van der Waals surface area contributed by atoms with E-state index in [9.17, 15) is 0 Å². The predicted octanol–water partition coefficient (Wildman–Crippen LogP) is 3.44. The van der Waals surface area contributed by atoms with Gasteiger partial charge in [0.1, 0.15) is 0 Å². The quantitative estimate of drug-likeness (QED) is 0.704. The van der Waals surface area contributed by atoms with Crippen molar-refractivity contribution in [1.82, 2.24) is 4.90 Å². The van der Waals surface area contributed by atoms with Gasteiger partial charge in [0.25, 0.3) is 0 Å². The van der Waals surface area contributed by atoms with E-state index < -0.39 is 0 Å². The molecule has 0 spiro atoms. The van der Waals surface area contributed by atoms with Crippen LogP contribution in [0.4, 0.5) is 0 Å². The van der Waals surface area contributed by atoms with Crippen molar-refractivity contribution < 1.29 is 0 Å². The number of nitriles is 1. The zero-order chi connectivity index (χ0) is 13.4. The molecular weight excluding hydrogens is 240 g/mol. The highest BCUT2D eigenvalue weighted by atomic mass is 32.2. The Kier molecular flexibility index (Phi) is 6.85. The minimum Gasteiger partial charge on any atom is -0.303 e. The lowest BCUT2D eigenvalue weighted by Crippen LogP contribution is -2.25. The van der Waals surface area contributed by atoms with Gasteiger partial charge in [0.2, 0.25) is 0 Å². The molecule has 0 N–H and O–H groups in total. The van der Waals surface area contributed by atoms with Gasteiger partial charge in [0, 0.05) is 18.1 Å². The van der Waals surface area contributed by atoms with Crippen LogP contribution in [0.25, 0.3) is 0 Å². The van der Waals surface area contributed by atoms with E-state index >= 15 is 0 Å². The van der Waals surface area contributed by atoms with E-state index in [4.69, 9.17) is 5.26 Å². The third-order valence-electron chi connectivity index (χ3n) is 3.18. The molecular formula is C15H22N2S. The standard InChI is InChI=1S/C15H22N2S/c1-4-17(5-2)8-9-18-12-15-7-6-14(11-16)10-13(15)3/h6-7,10H,4-5,8-9,12H2,1-3H3. The van der Waals surface area contributed by atoms with Gasteiger partial charge < -0.3 is 4.90 Å². The van der Waals surface area contributed by atoms with E-state index in [0.717, 1.165) is 31.0 Å². The van der Waals surface area contributed by atoms with Gasteiger partial charge in [0.05, 0.1) is 11.6 Å². The minimum atomic E-state index is 0.754. The molecule has 0 bridgehead atoms. The minimum absolute atomic E-state index is 0.754. The first kappa shape index (κ1) is 15.1. The Hall–Kier alpha value is -0.980. The van der Waals surface area contributed by atoms with Gasteiger partial charge in [-0.05, 0) is 43.3 Å². The van der Waals surface area contributed by atoms with Crippen molar-refractivity contribution >= 4 is 11.8 Å². The van der Waals surface area contributed by atoms with Crippen LogP contribution < -0.4 is 0 Å². The summed E-state index contributed by atoms with van der Waals surface area (Å²) >= 11 is 1.97. The molecule has 0 aliphatic heterocycles. The van der Waals surface area contributed by atoms with Gasteiger partial charge in [-0.1, -0.05) is 19.9 Å². The van der Waals surface area contributed by atoms with Crippen molar-refractivity contribution in [1.29, 1.82) is 5.26 Å². The lowest BCUT2D eigenvalue weighted by molar-refractivity contribution is 0.324. The summed E-state index contributed by atoms with van der Waals surface area (Å²) in [4.78, 5) is 2.44. The van der Waals surface area contributed by atoms with Crippen LogP contribution in [0, 0.1) is 18.3 Å². The number of aryl methyl sites for hydroxylation is 1. The summed E-state index contributed by atoms with van der Waals surface area (Å²) in [6.07, 6.45) is 0. The second kappa shape index (κ2) is 8.18. The largest absolute Gasteiger partial charge is 0.303 e. The number of hydrogen-bond donors (Lipinski definition) is 0. The van der Waals surface area contributed by atoms with Gasteiger partial charge >= 0.3 is 0 Å².